The Balaban J connectivity index is 1.78. The quantitative estimate of drug-likeness (QED) is 0.739. The fourth-order valence-electron chi connectivity index (χ4n) is 4.94. The number of nitrogens with zero attached hydrogens (tertiary/aromatic N) is 1. The molecule has 1 aromatic carbocycles. The molecule has 2 spiro atoms. The maximum atomic E-state index is 13.1. The van der Waals surface area contributed by atoms with Gasteiger partial charge in [-0.1, -0.05) is 12.1 Å². The smallest absolute Gasteiger partial charge is 0.338 e. The molecule has 28 heavy (non-hydrogen) atoms. The van der Waals surface area contributed by atoms with Crippen LogP contribution in [-0.4, -0.2) is 47.9 Å². The fraction of sp³-hybridized carbons (Fsp3) is 0.476. The van der Waals surface area contributed by atoms with E-state index >= 15 is 0 Å². The van der Waals surface area contributed by atoms with Crippen LogP contribution in [0.5, 0.6) is 5.75 Å². The summed E-state index contributed by atoms with van der Waals surface area (Å²) in [6, 6.07) is 7.44. The summed E-state index contributed by atoms with van der Waals surface area (Å²) in [5.41, 5.74) is -1.25. The average Bonchev–Trinajstić information content (AvgIpc) is 3.26. The first kappa shape index (κ1) is 18.5. The number of carbonyl (C=O) groups is 3. The van der Waals surface area contributed by atoms with Crippen molar-refractivity contribution in [1.29, 1.82) is 0 Å². The highest BCUT2D eigenvalue weighted by atomic mass is 16.6. The molecule has 2 fully saturated rings. The predicted molar refractivity (Wildman–Crippen MR) is 98.3 cm³/mol. The molecule has 1 aliphatic carbocycles. The van der Waals surface area contributed by atoms with Gasteiger partial charge in [0.25, 0.3) is 0 Å². The number of esters is 1. The maximum absolute atomic E-state index is 13.1. The Morgan fingerprint density at radius 3 is 2.36 bits per heavy atom. The molecule has 1 amide bonds. The molecule has 2 atom stereocenters. The molecule has 1 aromatic rings. The first-order chi connectivity index (χ1) is 13.4. The van der Waals surface area contributed by atoms with E-state index in [2.05, 4.69) is 0 Å². The van der Waals surface area contributed by atoms with Crippen molar-refractivity contribution in [3.63, 3.8) is 0 Å². The minimum absolute atomic E-state index is 0.0547. The molecule has 7 nitrogen and oxygen atoms in total. The highest BCUT2D eigenvalue weighted by Crippen LogP contribution is 2.56. The summed E-state index contributed by atoms with van der Waals surface area (Å²) in [7, 11) is 3.03. The molecular formula is C21H23NO6. The van der Waals surface area contributed by atoms with Crippen LogP contribution in [0.25, 0.3) is 0 Å². The van der Waals surface area contributed by atoms with Crippen LogP contribution >= 0.6 is 0 Å². The molecule has 0 bridgehead atoms. The van der Waals surface area contributed by atoms with Gasteiger partial charge in [0.1, 0.15) is 5.75 Å². The summed E-state index contributed by atoms with van der Waals surface area (Å²) in [4.78, 5) is 40.0. The predicted octanol–water partition coefficient (Wildman–Crippen LogP) is 2.14. The van der Waals surface area contributed by atoms with Crippen molar-refractivity contribution in [3.8, 4) is 5.75 Å². The molecule has 0 radical (unpaired) electrons. The van der Waals surface area contributed by atoms with Crippen LogP contribution in [0.15, 0.2) is 35.6 Å². The molecule has 2 heterocycles. The second kappa shape index (κ2) is 6.36. The van der Waals surface area contributed by atoms with Crippen LogP contribution in [0.2, 0.25) is 0 Å². The molecular weight excluding hydrogens is 362 g/mol. The van der Waals surface area contributed by atoms with Crippen molar-refractivity contribution >= 4 is 17.7 Å². The molecule has 0 aromatic heterocycles. The number of hydrogen-bond acceptors (Lipinski definition) is 6. The van der Waals surface area contributed by atoms with E-state index in [9.17, 15) is 14.4 Å². The van der Waals surface area contributed by atoms with E-state index in [4.69, 9.17) is 14.2 Å². The van der Waals surface area contributed by atoms with Gasteiger partial charge in [0.2, 0.25) is 11.5 Å². The van der Waals surface area contributed by atoms with E-state index in [1.54, 1.807) is 18.9 Å². The van der Waals surface area contributed by atoms with E-state index in [0.29, 0.717) is 31.4 Å². The molecule has 0 unspecified atom stereocenters. The third kappa shape index (κ3) is 2.25. The Hall–Kier alpha value is -2.83. The van der Waals surface area contributed by atoms with Gasteiger partial charge < -0.3 is 19.1 Å². The van der Waals surface area contributed by atoms with Gasteiger partial charge in [0.15, 0.2) is 11.5 Å². The Labute approximate surface area is 163 Å². The Morgan fingerprint density at radius 2 is 1.71 bits per heavy atom. The first-order valence-electron chi connectivity index (χ1n) is 9.35. The third-order valence-corrected chi connectivity index (χ3v) is 6.30. The van der Waals surface area contributed by atoms with Gasteiger partial charge in [-0.2, -0.15) is 0 Å². The van der Waals surface area contributed by atoms with Crippen molar-refractivity contribution < 1.29 is 28.6 Å². The molecule has 0 N–H and O–H groups in total. The van der Waals surface area contributed by atoms with Gasteiger partial charge in [0.05, 0.1) is 25.3 Å². The lowest BCUT2D eigenvalue weighted by Gasteiger charge is -2.44. The van der Waals surface area contributed by atoms with Gasteiger partial charge in [0, 0.05) is 19.4 Å². The van der Waals surface area contributed by atoms with Crippen LogP contribution in [0.1, 0.15) is 38.2 Å². The van der Waals surface area contributed by atoms with E-state index in [0.717, 1.165) is 11.3 Å². The van der Waals surface area contributed by atoms with Crippen molar-refractivity contribution in [2.24, 2.45) is 0 Å². The van der Waals surface area contributed by atoms with Gasteiger partial charge in [-0.3, -0.25) is 9.59 Å². The molecule has 148 valence electrons. The van der Waals surface area contributed by atoms with Crippen molar-refractivity contribution in [3.05, 3.63) is 41.2 Å². The van der Waals surface area contributed by atoms with Gasteiger partial charge in [-0.05, 0) is 37.5 Å². The zero-order valence-corrected chi connectivity index (χ0v) is 16.2. The van der Waals surface area contributed by atoms with Crippen LogP contribution in [0.3, 0.4) is 0 Å². The first-order valence-corrected chi connectivity index (χ1v) is 9.35. The highest BCUT2D eigenvalue weighted by molar-refractivity contribution is 6.05. The van der Waals surface area contributed by atoms with E-state index < -0.39 is 17.1 Å². The zero-order valence-electron chi connectivity index (χ0n) is 16.2. The number of likely N-dealkylation sites (tertiary alicyclic amines) is 1. The number of methoxy groups -OCH3 is 2. The largest absolute Gasteiger partial charge is 0.497 e. The second-order valence-corrected chi connectivity index (χ2v) is 7.51. The third-order valence-electron chi connectivity index (χ3n) is 6.30. The SMILES string of the molecule is COC1=C(C)C(=O)O[C@@]12C(=O)CC[C@@]21CCC(=O)N1Cc1ccc(OC)cc1. The Morgan fingerprint density at radius 1 is 1.04 bits per heavy atom. The lowest BCUT2D eigenvalue weighted by atomic mass is 9.78. The number of ether oxygens (including phenoxy) is 3. The fourth-order valence-corrected chi connectivity index (χ4v) is 4.94. The Bertz CT molecular complexity index is 885. The zero-order chi connectivity index (χ0) is 20.1. The summed E-state index contributed by atoms with van der Waals surface area (Å²) in [5, 5.41) is 0. The molecule has 2 aliphatic heterocycles. The highest BCUT2D eigenvalue weighted by Gasteiger charge is 2.73. The van der Waals surface area contributed by atoms with Crippen molar-refractivity contribution in [2.75, 3.05) is 14.2 Å². The lowest BCUT2D eigenvalue weighted by molar-refractivity contribution is -0.170. The molecule has 7 heteroatoms. The number of benzene rings is 1. The molecule has 3 aliphatic rings. The van der Waals surface area contributed by atoms with Crippen molar-refractivity contribution in [2.45, 2.75) is 50.3 Å². The Kier molecular flexibility index (Phi) is 4.21. The summed E-state index contributed by atoms with van der Waals surface area (Å²) in [6.45, 7) is 1.92. The van der Waals surface area contributed by atoms with Gasteiger partial charge >= 0.3 is 5.97 Å². The van der Waals surface area contributed by atoms with Crippen LogP contribution in [0, 0.1) is 0 Å². The minimum atomic E-state index is -1.54. The number of ketones is 1. The molecule has 4 rings (SSSR count). The average molecular weight is 385 g/mol. The molecule has 1 saturated heterocycles. The summed E-state index contributed by atoms with van der Waals surface area (Å²) < 4.78 is 16.4. The van der Waals surface area contributed by atoms with E-state index in [1.807, 2.05) is 24.3 Å². The topological polar surface area (TPSA) is 82.1 Å². The molecule has 1 saturated carbocycles. The van der Waals surface area contributed by atoms with E-state index in [1.165, 1.54) is 7.11 Å². The second-order valence-electron chi connectivity index (χ2n) is 7.51. The minimum Gasteiger partial charge on any atom is -0.497 e. The van der Waals surface area contributed by atoms with Crippen LogP contribution < -0.4 is 4.74 Å². The normalized spacial score (nSPS) is 29.4. The monoisotopic (exact) mass is 385 g/mol. The standard InChI is InChI=1S/C21H23NO6/c1-13-18(27-3)21(28-19(13)25)16(23)8-10-20(21)11-9-17(24)22(20)12-14-4-6-15(26-2)7-5-14/h4-7H,8-12H2,1-3H3/t20-,21+/m1/s1. The summed E-state index contributed by atoms with van der Waals surface area (Å²) in [5.74, 6) is 0.151. The van der Waals surface area contributed by atoms with E-state index in [-0.39, 0.29) is 23.9 Å². The van der Waals surface area contributed by atoms with Crippen molar-refractivity contribution in [1.82, 2.24) is 4.90 Å². The van der Waals surface area contributed by atoms with Crippen LogP contribution in [-0.2, 0) is 30.4 Å². The van der Waals surface area contributed by atoms with Gasteiger partial charge in [-0.25, -0.2) is 4.79 Å². The number of hydrogen-bond donors (Lipinski definition) is 0. The number of amides is 1. The summed E-state index contributed by atoms with van der Waals surface area (Å²) in [6.07, 6.45) is 1.43. The van der Waals surface area contributed by atoms with Gasteiger partial charge in [-0.15, -0.1) is 0 Å². The summed E-state index contributed by atoms with van der Waals surface area (Å²) >= 11 is 0. The number of fused-ring (bicyclic) bond motifs is 1. The van der Waals surface area contributed by atoms with Crippen LogP contribution in [0.4, 0.5) is 0 Å². The number of Topliss-reactive ketones (excluding diaryl/α,β-unsaturated/α-hetero) is 1. The number of rotatable bonds is 4. The maximum Gasteiger partial charge on any atom is 0.338 e. The number of carbonyl (C=O) groups excluding carboxylic acids is 3. The lowest BCUT2D eigenvalue weighted by Crippen LogP contribution is -2.62.